The molecular formula is C18H24N2O3. The lowest BCUT2D eigenvalue weighted by Crippen LogP contribution is -2.46. The van der Waals surface area contributed by atoms with E-state index in [0.717, 1.165) is 38.5 Å². The van der Waals surface area contributed by atoms with Crippen LogP contribution < -0.4 is 10.1 Å². The van der Waals surface area contributed by atoms with Crippen molar-refractivity contribution in [2.24, 2.45) is 0 Å². The fraction of sp³-hybridized carbons (Fsp3) is 0.556. The summed E-state index contributed by atoms with van der Waals surface area (Å²) in [6.45, 7) is 2.62. The average molecular weight is 316 g/mol. The Balaban J connectivity index is 2.15. The molecule has 0 heterocycles. The van der Waals surface area contributed by atoms with Gasteiger partial charge in [-0.3, -0.25) is 4.79 Å². The number of amides is 1. The third kappa shape index (κ3) is 4.02. The van der Waals surface area contributed by atoms with Crippen LogP contribution in [-0.4, -0.2) is 25.2 Å². The van der Waals surface area contributed by atoms with E-state index in [1.807, 2.05) is 6.92 Å². The molecule has 1 amide bonds. The van der Waals surface area contributed by atoms with Crippen molar-refractivity contribution >= 4 is 11.6 Å². The van der Waals surface area contributed by atoms with Crippen LogP contribution in [0.2, 0.25) is 0 Å². The first kappa shape index (κ1) is 17.3. The molecule has 0 aliphatic heterocycles. The lowest BCUT2D eigenvalue weighted by molar-refractivity contribution is -0.141. The molecule has 0 atom stereocenters. The van der Waals surface area contributed by atoms with Gasteiger partial charge in [-0.25, -0.2) is 0 Å². The maximum absolute atomic E-state index is 12.7. The van der Waals surface area contributed by atoms with Gasteiger partial charge in [0.05, 0.1) is 17.9 Å². The zero-order valence-electron chi connectivity index (χ0n) is 13.9. The van der Waals surface area contributed by atoms with Gasteiger partial charge in [-0.15, -0.1) is 0 Å². The maximum Gasteiger partial charge on any atom is 0.256 e. The van der Waals surface area contributed by atoms with Crippen LogP contribution in [0.1, 0.15) is 51.0 Å². The molecule has 0 unspecified atom stereocenters. The van der Waals surface area contributed by atoms with Crippen LogP contribution >= 0.6 is 0 Å². The zero-order chi connectivity index (χ0) is 16.7. The van der Waals surface area contributed by atoms with Crippen molar-refractivity contribution in [2.45, 2.75) is 51.0 Å². The Hall–Kier alpha value is -2.06. The Morgan fingerprint density at radius 1 is 1.35 bits per heavy atom. The summed E-state index contributed by atoms with van der Waals surface area (Å²) in [6, 6.07) is 7.26. The summed E-state index contributed by atoms with van der Waals surface area (Å²) in [5.41, 5.74) is 0.125. The van der Waals surface area contributed by atoms with Crippen molar-refractivity contribution in [2.75, 3.05) is 19.0 Å². The number of benzene rings is 1. The molecule has 1 aromatic rings. The molecule has 1 fully saturated rings. The van der Waals surface area contributed by atoms with E-state index in [-0.39, 0.29) is 5.91 Å². The summed E-state index contributed by atoms with van der Waals surface area (Å²) in [4.78, 5) is 12.7. The molecule has 0 saturated heterocycles. The fourth-order valence-corrected chi connectivity index (χ4v) is 2.92. The van der Waals surface area contributed by atoms with Crippen molar-refractivity contribution in [3.8, 4) is 11.8 Å². The summed E-state index contributed by atoms with van der Waals surface area (Å²) in [5, 5.41) is 12.2. The third-order valence-corrected chi connectivity index (χ3v) is 4.30. The van der Waals surface area contributed by atoms with E-state index in [1.54, 1.807) is 25.3 Å². The van der Waals surface area contributed by atoms with Gasteiger partial charge < -0.3 is 14.8 Å². The number of hydrogen-bond acceptors (Lipinski definition) is 4. The second-order valence-corrected chi connectivity index (χ2v) is 5.88. The van der Waals surface area contributed by atoms with Crippen LogP contribution in [0.4, 0.5) is 5.69 Å². The van der Waals surface area contributed by atoms with E-state index in [9.17, 15) is 10.1 Å². The Kier molecular flexibility index (Phi) is 6.00. The lowest BCUT2D eigenvalue weighted by Gasteiger charge is -2.34. The largest absolute Gasteiger partial charge is 0.494 e. The monoisotopic (exact) mass is 316 g/mol. The van der Waals surface area contributed by atoms with Gasteiger partial charge >= 0.3 is 0 Å². The van der Waals surface area contributed by atoms with Gasteiger partial charge in [0.1, 0.15) is 17.4 Å². The smallest absolute Gasteiger partial charge is 0.256 e. The highest BCUT2D eigenvalue weighted by atomic mass is 16.5. The minimum Gasteiger partial charge on any atom is -0.494 e. The minimum absolute atomic E-state index is 0.168. The van der Waals surface area contributed by atoms with E-state index >= 15 is 0 Å². The van der Waals surface area contributed by atoms with Gasteiger partial charge in [0.2, 0.25) is 0 Å². The third-order valence-electron chi connectivity index (χ3n) is 4.30. The van der Waals surface area contributed by atoms with Crippen LogP contribution in [0.15, 0.2) is 18.2 Å². The van der Waals surface area contributed by atoms with Gasteiger partial charge in [-0.05, 0) is 37.5 Å². The summed E-state index contributed by atoms with van der Waals surface area (Å²) in [6.07, 6.45) is 5.43. The molecule has 0 spiro atoms. The van der Waals surface area contributed by atoms with Gasteiger partial charge in [-0.1, -0.05) is 26.2 Å². The standard InChI is InChI=1S/C18H24N2O3/c1-3-11-23-15-7-8-16(14(12-15)13-19)20-17(21)18(22-2)9-5-4-6-10-18/h7-8,12H,3-6,9-11H2,1-2H3,(H,20,21). The molecule has 124 valence electrons. The Bertz CT molecular complexity index is 586. The lowest BCUT2D eigenvalue weighted by atomic mass is 9.84. The first-order valence-corrected chi connectivity index (χ1v) is 8.19. The molecule has 1 aliphatic carbocycles. The molecule has 1 aliphatic rings. The van der Waals surface area contributed by atoms with Crippen molar-refractivity contribution < 1.29 is 14.3 Å². The molecule has 23 heavy (non-hydrogen) atoms. The first-order valence-electron chi connectivity index (χ1n) is 8.19. The van der Waals surface area contributed by atoms with E-state index < -0.39 is 5.60 Å². The maximum atomic E-state index is 12.7. The molecule has 1 aromatic carbocycles. The fourth-order valence-electron chi connectivity index (χ4n) is 2.92. The van der Waals surface area contributed by atoms with Crippen molar-refractivity contribution in [3.63, 3.8) is 0 Å². The van der Waals surface area contributed by atoms with Crippen molar-refractivity contribution in [1.29, 1.82) is 5.26 Å². The number of carbonyl (C=O) groups is 1. The highest BCUT2D eigenvalue weighted by Gasteiger charge is 2.39. The van der Waals surface area contributed by atoms with Crippen LogP contribution in [0.5, 0.6) is 5.75 Å². The quantitative estimate of drug-likeness (QED) is 0.870. The number of nitriles is 1. The summed E-state index contributed by atoms with van der Waals surface area (Å²) in [7, 11) is 1.58. The van der Waals surface area contributed by atoms with Crippen molar-refractivity contribution in [3.05, 3.63) is 23.8 Å². The van der Waals surface area contributed by atoms with Crippen molar-refractivity contribution in [1.82, 2.24) is 0 Å². The number of anilines is 1. The molecular weight excluding hydrogens is 292 g/mol. The summed E-state index contributed by atoms with van der Waals surface area (Å²) < 4.78 is 11.1. The van der Waals surface area contributed by atoms with Crippen LogP contribution in [0.25, 0.3) is 0 Å². The molecule has 1 N–H and O–H groups in total. The second-order valence-electron chi connectivity index (χ2n) is 5.88. The van der Waals surface area contributed by atoms with Gasteiger partial charge in [-0.2, -0.15) is 5.26 Å². The number of rotatable bonds is 6. The predicted octanol–water partition coefficient (Wildman–Crippen LogP) is 3.63. The summed E-state index contributed by atoms with van der Waals surface area (Å²) >= 11 is 0. The molecule has 0 radical (unpaired) electrons. The molecule has 2 rings (SSSR count). The van der Waals surface area contributed by atoms with E-state index in [2.05, 4.69) is 11.4 Å². The van der Waals surface area contributed by atoms with E-state index in [0.29, 0.717) is 23.6 Å². The molecule has 0 bridgehead atoms. The number of carbonyl (C=O) groups excluding carboxylic acids is 1. The minimum atomic E-state index is -0.775. The number of hydrogen-bond donors (Lipinski definition) is 1. The van der Waals surface area contributed by atoms with E-state index in [1.165, 1.54) is 0 Å². The number of nitrogens with zero attached hydrogens (tertiary/aromatic N) is 1. The number of methoxy groups -OCH3 is 1. The zero-order valence-corrected chi connectivity index (χ0v) is 13.9. The van der Waals surface area contributed by atoms with Crippen LogP contribution in [0, 0.1) is 11.3 Å². The van der Waals surface area contributed by atoms with Gasteiger partial charge in [0.15, 0.2) is 0 Å². The topological polar surface area (TPSA) is 71.3 Å². The number of ether oxygens (including phenoxy) is 2. The highest BCUT2D eigenvalue weighted by molar-refractivity contribution is 5.98. The summed E-state index contributed by atoms with van der Waals surface area (Å²) in [5.74, 6) is 0.471. The molecule has 5 heteroatoms. The number of nitrogens with one attached hydrogen (secondary N) is 1. The van der Waals surface area contributed by atoms with Gasteiger partial charge in [0, 0.05) is 7.11 Å². The second kappa shape index (κ2) is 7.98. The van der Waals surface area contributed by atoms with E-state index in [4.69, 9.17) is 9.47 Å². The SMILES string of the molecule is CCCOc1ccc(NC(=O)C2(OC)CCCCC2)c(C#N)c1. The average Bonchev–Trinajstić information content (AvgIpc) is 2.61. The Labute approximate surface area is 137 Å². The molecule has 0 aromatic heterocycles. The molecule has 1 saturated carbocycles. The molecule has 5 nitrogen and oxygen atoms in total. The first-order chi connectivity index (χ1) is 11.1. The predicted molar refractivity (Wildman–Crippen MR) is 88.4 cm³/mol. The van der Waals surface area contributed by atoms with Crippen LogP contribution in [0.3, 0.4) is 0 Å². The highest BCUT2D eigenvalue weighted by Crippen LogP contribution is 2.33. The van der Waals surface area contributed by atoms with Crippen LogP contribution in [-0.2, 0) is 9.53 Å². The Morgan fingerprint density at radius 3 is 2.70 bits per heavy atom. The normalized spacial score (nSPS) is 16.4. The Morgan fingerprint density at radius 2 is 2.09 bits per heavy atom. The van der Waals surface area contributed by atoms with Gasteiger partial charge in [0.25, 0.3) is 5.91 Å².